The van der Waals surface area contributed by atoms with Crippen LogP contribution in [-0.4, -0.2) is 33.5 Å². The largest absolute Gasteiger partial charge is 0.481 e. The van der Waals surface area contributed by atoms with Gasteiger partial charge in [-0.05, 0) is 32.1 Å². The van der Waals surface area contributed by atoms with E-state index >= 15 is 0 Å². The molecule has 0 aromatic rings. The third-order valence-corrected chi connectivity index (χ3v) is 3.60. The van der Waals surface area contributed by atoms with Gasteiger partial charge in [-0.3, -0.25) is 4.79 Å². The van der Waals surface area contributed by atoms with E-state index < -0.39 is 18.2 Å². The van der Waals surface area contributed by atoms with Crippen molar-refractivity contribution in [2.45, 2.75) is 70.5 Å². The Morgan fingerprint density at radius 3 is 2.12 bits per heavy atom. The number of aliphatic hydroxyl groups is 2. The number of carboxylic acids is 1. The Balaban J connectivity index is 3.76. The van der Waals surface area contributed by atoms with Crippen LogP contribution in [-0.2, 0) is 4.79 Å². The van der Waals surface area contributed by atoms with Crippen molar-refractivity contribution >= 4 is 5.97 Å². The van der Waals surface area contributed by atoms with Crippen molar-refractivity contribution in [3.63, 3.8) is 0 Å². The second-order valence-electron chi connectivity index (χ2n) is 6.10. The molecule has 0 heterocycles. The summed E-state index contributed by atoms with van der Waals surface area (Å²) in [5.41, 5.74) is 0. The molecule has 0 fully saturated rings. The van der Waals surface area contributed by atoms with E-state index in [1.807, 2.05) is 48.6 Å². The molecule has 0 aromatic heterocycles. The third-order valence-electron chi connectivity index (χ3n) is 3.60. The summed E-state index contributed by atoms with van der Waals surface area (Å²) in [7, 11) is 0. The lowest BCUT2D eigenvalue weighted by atomic mass is 10.1. The number of unbranched alkanes of at least 4 members (excludes halogenated alkanes) is 2. The molecular weight excluding hydrogens is 328 g/mol. The molecular formula is C22H34O4. The first-order chi connectivity index (χ1) is 12.6. The van der Waals surface area contributed by atoms with Crippen LogP contribution < -0.4 is 0 Å². The molecule has 2 atom stereocenters. The van der Waals surface area contributed by atoms with Crippen molar-refractivity contribution in [3.8, 4) is 0 Å². The number of rotatable bonds is 15. The summed E-state index contributed by atoms with van der Waals surface area (Å²) in [4.78, 5) is 10.4. The van der Waals surface area contributed by atoms with Crippen molar-refractivity contribution in [3.05, 3.63) is 60.8 Å². The summed E-state index contributed by atoms with van der Waals surface area (Å²) >= 11 is 0. The Hall–Kier alpha value is -1.91. The SMILES string of the molecule is CC/C=C\CC(O)/C=C/C=C\C/C=C\C=C\C(O)CCCCCC(=O)O. The average Bonchev–Trinajstić information content (AvgIpc) is 2.60. The lowest BCUT2D eigenvalue weighted by Gasteiger charge is -2.03. The van der Waals surface area contributed by atoms with Gasteiger partial charge in [0.25, 0.3) is 0 Å². The molecule has 0 aliphatic carbocycles. The van der Waals surface area contributed by atoms with Crippen LogP contribution in [0.1, 0.15) is 58.3 Å². The van der Waals surface area contributed by atoms with Gasteiger partial charge in [0.1, 0.15) is 0 Å². The molecule has 0 aliphatic heterocycles. The van der Waals surface area contributed by atoms with Gasteiger partial charge in [0, 0.05) is 6.42 Å². The van der Waals surface area contributed by atoms with Crippen molar-refractivity contribution < 1.29 is 20.1 Å². The van der Waals surface area contributed by atoms with E-state index in [0.717, 1.165) is 25.7 Å². The molecule has 0 amide bonds. The minimum atomic E-state index is -0.763. The van der Waals surface area contributed by atoms with Gasteiger partial charge in [-0.1, -0.05) is 80.5 Å². The van der Waals surface area contributed by atoms with Crippen molar-refractivity contribution in [1.82, 2.24) is 0 Å². The maximum Gasteiger partial charge on any atom is 0.303 e. The van der Waals surface area contributed by atoms with E-state index in [9.17, 15) is 15.0 Å². The van der Waals surface area contributed by atoms with Gasteiger partial charge < -0.3 is 15.3 Å². The van der Waals surface area contributed by atoms with Gasteiger partial charge in [-0.2, -0.15) is 0 Å². The van der Waals surface area contributed by atoms with E-state index in [2.05, 4.69) is 6.92 Å². The number of hydrogen-bond donors (Lipinski definition) is 3. The highest BCUT2D eigenvalue weighted by Gasteiger charge is 2.00. The smallest absolute Gasteiger partial charge is 0.303 e. The van der Waals surface area contributed by atoms with Crippen molar-refractivity contribution in [1.29, 1.82) is 0 Å². The first-order valence-electron chi connectivity index (χ1n) is 9.45. The minimum Gasteiger partial charge on any atom is -0.481 e. The van der Waals surface area contributed by atoms with Crippen LogP contribution in [0.2, 0.25) is 0 Å². The standard InChI is InChI=1S/C22H34O4/c1-2-3-10-15-20(23)16-11-7-5-4-6-8-12-17-21(24)18-13-9-14-19-22(25)26/h3,5-8,10-12,16-17,20-21,23-24H,2,4,9,13-15,18-19H2,1H3,(H,25,26)/b7-5-,8-6-,10-3-,16-11+,17-12+. The molecule has 0 rings (SSSR count). The zero-order valence-corrected chi connectivity index (χ0v) is 15.8. The third kappa shape index (κ3) is 18.4. The number of carboxylic acid groups (broad SMARTS) is 1. The molecule has 0 aromatic carbocycles. The average molecular weight is 363 g/mol. The maximum absolute atomic E-state index is 10.4. The first kappa shape index (κ1) is 24.1. The second kappa shape index (κ2) is 17.9. The van der Waals surface area contributed by atoms with Crippen molar-refractivity contribution in [2.75, 3.05) is 0 Å². The number of hydrogen-bond acceptors (Lipinski definition) is 3. The predicted octanol–water partition coefficient (Wildman–Crippen LogP) is 4.71. The van der Waals surface area contributed by atoms with Gasteiger partial charge in [0.05, 0.1) is 12.2 Å². The quantitative estimate of drug-likeness (QED) is 0.224. The summed E-state index contributed by atoms with van der Waals surface area (Å²) in [5.74, 6) is -0.763. The Morgan fingerprint density at radius 1 is 0.846 bits per heavy atom. The van der Waals surface area contributed by atoms with Gasteiger partial charge >= 0.3 is 5.97 Å². The molecule has 4 nitrogen and oxygen atoms in total. The molecule has 0 saturated carbocycles. The summed E-state index contributed by atoms with van der Waals surface area (Å²) in [6, 6.07) is 0. The van der Waals surface area contributed by atoms with E-state index in [0.29, 0.717) is 19.3 Å². The lowest BCUT2D eigenvalue weighted by Crippen LogP contribution is -2.01. The fourth-order valence-electron chi connectivity index (χ4n) is 2.16. The van der Waals surface area contributed by atoms with Crippen molar-refractivity contribution in [2.24, 2.45) is 0 Å². The summed E-state index contributed by atoms with van der Waals surface area (Å²) in [6.45, 7) is 2.07. The van der Waals surface area contributed by atoms with Gasteiger partial charge in [-0.15, -0.1) is 0 Å². The summed E-state index contributed by atoms with van der Waals surface area (Å²) in [5, 5.41) is 28.0. The molecule has 0 bridgehead atoms. The number of aliphatic hydroxyl groups excluding tert-OH is 2. The molecule has 0 aliphatic rings. The Labute approximate surface area is 157 Å². The first-order valence-corrected chi connectivity index (χ1v) is 9.45. The van der Waals surface area contributed by atoms with Crippen LogP contribution in [0, 0.1) is 0 Å². The zero-order chi connectivity index (χ0) is 19.5. The fourth-order valence-corrected chi connectivity index (χ4v) is 2.16. The maximum atomic E-state index is 10.4. The molecule has 0 spiro atoms. The normalized spacial score (nSPS) is 15.2. The van der Waals surface area contributed by atoms with E-state index in [1.165, 1.54) is 0 Å². The summed E-state index contributed by atoms with van der Waals surface area (Å²) < 4.78 is 0. The molecule has 3 N–H and O–H groups in total. The van der Waals surface area contributed by atoms with E-state index in [1.54, 1.807) is 12.2 Å². The molecule has 146 valence electrons. The Kier molecular flexibility index (Phi) is 16.6. The highest BCUT2D eigenvalue weighted by atomic mass is 16.4. The van der Waals surface area contributed by atoms with Gasteiger partial charge in [0.2, 0.25) is 0 Å². The lowest BCUT2D eigenvalue weighted by molar-refractivity contribution is -0.137. The monoisotopic (exact) mass is 362 g/mol. The van der Waals surface area contributed by atoms with Gasteiger partial charge in [-0.25, -0.2) is 0 Å². The summed E-state index contributed by atoms with van der Waals surface area (Å²) in [6.07, 6.45) is 23.7. The fraction of sp³-hybridized carbons (Fsp3) is 0.500. The van der Waals surface area contributed by atoms with Crippen LogP contribution >= 0.6 is 0 Å². The van der Waals surface area contributed by atoms with Crippen LogP contribution in [0.3, 0.4) is 0 Å². The topological polar surface area (TPSA) is 77.8 Å². The van der Waals surface area contributed by atoms with Crippen LogP contribution in [0.4, 0.5) is 0 Å². The van der Waals surface area contributed by atoms with Gasteiger partial charge in [0.15, 0.2) is 0 Å². The second-order valence-corrected chi connectivity index (χ2v) is 6.10. The van der Waals surface area contributed by atoms with E-state index in [4.69, 9.17) is 5.11 Å². The van der Waals surface area contributed by atoms with Crippen LogP contribution in [0.5, 0.6) is 0 Å². The number of allylic oxidation sites excluding steroid dienone is 7. The predicted molar refractivity (Wildman–Crippen MR) is 108 cm³/mol. The molecule has 0 radical (unpaired) electrons. The highest BCUT2D eigenvalue weighted by Crippen LogP contribution is 2.07. The molecule has 4 heteroatoms. The molecule has 0 saturated heterocycles. The van der Waals surface area contributed by atoms with Crippen LogP contribution in [0.25, 0.3) is 0 Å². The number of carbonyl (C=O) groups is 1. The Bertz CT molecular complexity index is 486. The zero-order valence-electron chi connectivity index (χ0n) is 15.8. The molecule has 2 unspecified atom stereocenters. The minimum absolute atomic E-state index is 0.201. The number of aliphatic carboxylic acids is 1. The van der Waals surface area contributed by atoms with Crippen LogP contribution in [0.15, 0.2) is 60.8 Å². The molecule has 26 heavy (non-hydrogen) atoms. The van der Waals surface area contributed by atoms with E-state index in [-0.39, 0.29) is 6.42 Å². The Morgan fingerprint density at radius 2 is 1.50 bits per heavy atom. The highest BCUT2D eigenvalue weighted by molar-refractivity contribution is 5.66.